The Balaban J connectivity index is 1.74. The van der Waals surface area contributed by atoms with Crippen molar-refractivity contribution in [2.75, 3.05) is 57.2 Å². The molecule has 1 aliphatic rings. The summed E-state index contributed by atoms with van der Waals surface area (Å²) in [6.45, 7) is 5.27. The molecule has 13 heteroatoms. The van der Waals surface area contributed by atoms with Crippen LogP contribution in [0.3, 0.4) is 0 Å². The number of fused-ring (bicyclic) bond motifs is 1. The number of aromatic amines is 1. The van der Waals surface area contributed by atoms with Crippen LogP contribution in [0.25, 0.3) is 22.2 Å². The zero-order chi connectivity index (χ0) is 30.2. The monoisotopic (exact) mass is 598 g/mol. The fraction of sp³-hybridized carbons (Fsp3) is 0.310. The molecule has 2 heterocycles. The predicted octanol–water partition coefficient (Wildman–Crippen LogP) is 3.64. The number of aromatic nitrogens is 2. The number of carbonyl (C=O) groups excluding carboxylic acids is 1. The second-order valence-corrected chi connectivity index (χ2v) is 12.4. The summed E-state index contributed by atoms with van der Waals surface area (Å²) < 4.78 is 60.1. The molecule has 222 valence electrons. The number of halogens is 2. The van der Waals surface area contributed by atoms with Crippen LogP contribution in [0, 0.1) is 11.6 Å². The first kappa shape index (κ1) is 29.4. The van der Waals surface area contributed by atoms with Crippen molar-refractivity contribution >= 4 is 38.0 Å². The number of nitrogens with one attached hydrogen (secondary N) is 2. The SMILES string of the molecule is COCC(C)Nc1c(C(N)=O)ccc(N2CCN(C)CC2)c1-c1n[nH]c2ccc(S(=O)(=O)c3cc(F)cc(F)c3)cc12. The predicted molar refractivity (Wildman–Crippen MR) is 157 cm³/mol. The number of nitrogens with zero attached hydrogens (tertiary/aromatic N) is 3. The van der Waals surface area contributed by atoms with E-state index in [1.165, 1.54) is 12.1 Å². The van der Waals surface area contributed by atoms with Gasteiger partial charge in [0.05, 0.1) is 38.7 Å². The summed E-state index contributed by atoms with van der Waals surface area (Å²) in [5.41, 5.74) is 8.76. The minimum Gasteiger partial charge on any atom is -0.383 e. The number of hydrogen-bond acceptors (Lipinski definition) is 8. The molecule has 3 aromatic carbocycles. The van der Waals surface area contributed by atoms with Crippen molar-refractivity contribution in [1.82, 2.24) is 15.1 Å². The van der Waals surface area contributed by atoms with Crippen LogP contribution in [-0.4, -0.2) is 82.4 Å². The van der Waals surface area contributed by atoms with Gasteiger partial charge >= 0.3 is 0 Å². The molecule has 0 bridgehead atoms. The quantitative estimate of drug-likeness (QED) is 0.266. The molecule has 4 aromatic rings. The van der Waals surface area contributed by atoms with Gasteiger partial charge < -0.3 is 25.6 Å². The molecule has 10 nitrogen and oxygen atoms in total. The molecule has 1 aliphatic heterocycles. The first-order valence-corrected chi connectivity index (χ1v) is 14.8. The molecule has 0 radical (unpaired) electrons. The van der Waals surface area contributed by atoms with Crippen LogP contribution in [0.4, 0.5) is 20.2 Å². The van der Waals surface area contributed by atoms with E-state index in [-0.39, 0.29) is 16.5 Å². The van der Waals surface area contributed by atoms with Gasteiger partial charge in [0.25, 0.3) is 5.91 Å². The lowest BCUT2D eigenvalue weighted by Gasteiger charge is -2.36. The molecule has 42 heavy (non-hydrogen) atoms. The second kappa shape index (κ2) is 11.7. The fourth-order valence-corrected chi connectivity index (χ4v) is 6.53. The Kier molecular flexibility index (Phi) is 8.17. The maximum atomic E-state index is 13.9. The van der Waals surface area contributed by atoms with Crippen molar-refractivity contribution < 1.29 is 26.7 Å². The minimum atomic E-state index is -4.29. The minimum absolute atomic E-state index is 0.169. The third kappa shape index (κ3) is 5.67. The highest BCUT2D eigenvalue weighted by molar-refractivity contribution is 7.91. The standard InChI is InChI=1S/C29H32F2N6O4S/c1-17(16-41-3)33-27-22(29(32)38)5-7-25(37-10-8-36(2)9-11-37)26(27)28-23-15-20(4-6-24(23)34-35-28)42(39,40)21-13-18(30)12-19(31)14-21/h4-7,12-15,17,33H,8-11,16H2,1-3H3,(H2,32,38)(H,34,35). The maximum absolute atomic E-state index is 13.9. The van der Waals surface area contributed by atoms with Crippen molar-refractivity contribution in [2.45, 2.75) is 22.8 Å². The fourth-order valence-electron chi connectivity index (χ4n) is 5.21. The zero-order valence-corrected chi connectivity index (χ0v) is 24.3. The zero-order valence-electron chi connectivity index (χ0n) is 23.4. The van der Waals surface area contributed by atoms with Gasteiger partial charge in [-0.2, -0.15) is 5.10 Å². The molecular weight excluding hydrogens is 566 g/mol. The van der Waals surface area contributed by atoms with Crippen LogP contribution in [0.1, 0.15) is 17.3 Å². The molecule has 1 aromatic heterocycles. The third-order valence-corrected chi connectivity index (χ3v) is 9.06. The van der Waals surface area contributed by atoms with E-state index in [1.807, 2.05) is 20.0 Å². The van der Waals surface area contributed by atoms with E-state index in [0.717, 1.165) is 30.9 Å². The van der Waals surface area contributed by atoms with E-state index in [1.54, 1.807) is 19.2 Å². The van der Waals surface area contributed by atoms with Crippen molar-refractivity contribution in [1.29, 1.82) is 0 Å². The Morgan fingerprint density at radius 1 is 1.07 bits per heavy atom. The summed E-state index contributed by atoms with van der Waals surface area (Å²) >= 11 is 0. The van der Waals surface area contributed by atoms with E-state index in [0.29, 0.717) is 53.6 Å². The van der Waals surface area contributed by atoms with Gasteiger partial charge in [-0.3, -0.25) is 9.89 Å². The highest BCUT2D eigenvalue weighted by Crippen LogP contribution is 2.43. The molecule has 1 fully saturated rings. The van der Waals surface area contributed by atoms with Crippen LogP contribution in [-0.2, 0) is 14.6 Å². The van der Waals surface area contributed by atoms with E-state index < -0.39 is 32.3 Å². The number of piperazine rings is 1. The van der Waals surface area contributed by atoms with Gasteiger partial charge in [-0.1, -0.05) is 0 Å². The lowest BCUT2D eigenvalue weighted by molar-refractivity contribution is 0.100. The van der Waals surface area contributed by atoms with Gasteiger partial charge in [-0.25, -0.2) is 17.2 Å². The normalized spacial score (nSPS) is 15.2. The smallest absolute Gasteiger partial charge is 0.250 e. The average molecular weight is 599 g/mol. The van der Waals surface area contributed by atoms with Crippen molar-refractivity contribution in [3.8, 4) is 11.3 Å². The molecule has 1 amide bonds. The first-order valence-electron chi connectivity index (χ1n) is 13.3. The van der Waals surface area contributed by atoms with Gasteiger partial charge in [-0.05, 0) is 56.4 Å². The third-order valence-electron chi connectivity index (χ3n) is 7.33. The summed E-state index contributed by atoms with van der Waals surface area (Å²) in [7, 11) is -0.676. The number of sulfone groups is 1. The molecule has 1 unspecified atom stereocenters. The van der Waals surface area contributed by atoms with Gasteiger partial charge in [0.2, 0.25) is 9.84 Å². The Labute approximate surface area is 242 Å². The van der Waals surface area contributed by atoms with Crippen LogP contribution in [0.5, 0.6) is 0 Å². The lowest BCUT2D eigenvalue weighted by Crippen LogP contribution is -2.44. The molecule has 0 spiro atoms. The topological polar surface area (TPSA) is 134 Å². The van der Waals surface area contributed by atoms with Gasteiger partial charge in [0.1, 0.15) is 17.3 Å². The van der Waals surface area contributed by atoms with Gasteiger partial charge in [0.15, 0.2) is 0 Å². The van der Waals surface area contributed by atoms with Crippen LogP contribution < -0.4 is 16.0 Å². The number of nitrogens with two attached hydrogens (primary N) is 1. The molecule has 1 saturated heterocycles. The Hall–Kier alpha value is -4.07. The number of rotatable bonds is 9. The summed E-state index contributed by atoms with van der Waals surface area (Å²) in [6.07, 6.45) is 0. The van der Waals surface area contributed by atoms with E-state index in [2.05, 4.69) is 25.3 Å². The molecule has 5 rings (SSSR count). The number of H-pyrrole nitrogens is 1. The van der Waals surface area contributed by atoms with Gasteiger partial charge in [0, 0.05) is 56.5 Å². The van der Waals surface area contributed by atoms with E-state index >= 15 is 0 Å². The molecule has 1 atom stereocenters. The number of likely N-dealkylation sites (N-methyl/N-ethyl adjacent to an activating group) is 1. The number of hydrogen-bond donors (Lipinski definition) is 3. The Bertz CT molecular complexity index is 1730. The van der Waals surface area contributed by atoms with Crippen LogP contribution in [0.15, 0.2) is 58.3 Å². The summed E-state index contributed by atoms with van der Waals surface area (Å²) in [4.78, 5) is 16.4. The number of anilines is 2. The largest absolute Gasteiger partial charge is 0.383 e. The molecular formula is C29H32F2N6O4S. The van der Waals surface area contributed by atoms with E-state index in [4.69, 9.17) is 10.5 Å². The lowest BCUT2D eigenvalue weighted by atomic mass is 9.97. The Morgan fingerprint density at radius 2 is 1.76 bits per heavy atom. The van der Waals surface area contributed by atoms with Crippen molar-refractivity contribution in [3.05, 3.63) is 65.7 Å². The number of primary amides is 1. The van der Waals surface area contributed by atoms with Crippen LogP contribution >= 0.6 is 0 Å². The second-order valence-electron chi connectivity index (χ2n) is 10.4. The summed E-state index contributed by atoms with van der Waals surface area (Å²) in [6, 6.07) is 9.75. The number of methoxy groups -OCH3 is 1. The molecule has 4 N–H and O–H groups in total. The highest BCUT2D eigenvalue weighted by Gasteiger charge is 2.28. The number of carbonyl (C=O) groups is 1. The average Bonchev–Trinajstić information content (AvgIpc) is 3.35. The van der Waals surface area contributed by atoms with Crippen molar-refractivity contribution in [3.63, 3.8) is 0 Å². The van der Waals surface area contributed by atoms with E-state index in [9.17, 15) is 22.0 Å². The number of amides is 1. The van der Waals surface area contributed by atoms with Gasteiger partial charge in [-0.15, -0.1) is 0 Å². The number of ether oxygens (including phenoxy) is 1. The number of benzene rings is 3. The van der Waals surface area contributed by atoms with Crippen LogP contribution in [0.2, 0.25) is 0 Å². The summed E-state index contributed by atoms with van der Waals surface area (Å²) in [5, 5.41) is 11.3. The van der Waals surface area contributed by atoms with Crippen molar-refractivity contribution in [2.24, 2.45) is 5.73 Å². The molecule has 0 aliphatic carbocycles. The Morgan fingerprint density at radius 3 is 2.40 bits per heavy atom. The highest BCUT2D eigenvalue weighted by atomic mass is 32.2. The molecule has 0 saturated carbocycles. The maximum Gasteiger partial charge on any atom is 0.250 e. The summed E-state index contributed by atoms with van der Waals surface area (Å²) in [5.74, 6) is -2.65. The first-order chi connectivity index (χ1) is 20.0.